The van der Waals surface area contributed by atoms with Crippen LogP contribution in [0.5, 0.6) is 0 Å². The number of hydrogen-bond donors (Lipinski definition) is 2. The summed E-state index contributed by atoms with van der Waals surface area (Å²) in [7, 11) is 1.56. The number of H-pyrrole nitrogens is 1. The van der Waals surface area contributed by atoms with Crippen LogP contribution in [0, 0.1) is 0 Å². The quantitative estimate of drug-likeness (QED) is 0.815. The molecule has 0 bridgehead atoms. The number of fused-ring (bicyclic) bond motifs is 1. The van der Waals surface area contributed by atoms with Crippen molar-refractivity contribution >= 4 is 17.5 Å². The van der Waals surface area contributed by atoms with Crippen LogP contribution in [0.25, 0.3) is 0 Å². The predicted octanol–water partition coefficient (Wildman–Crippen LogP) is 0.209. The molecule has 22 heavy (non-hydrogen) atoms. The maximum Gasteiger partial charge on any atom is 0.271 e. The van der Waals surface area contributed by atoms with E-state index in [1.807, 2.05) is 6.92 Å². The molecule has 2 N–H and O–H groups in total. The molecule has 118 valence electrons. The number of carbonyl (C=O) groups excluding carboxylic acids is 2. The third-order valence-electron chi connectivity index (χ3n) is 4.11. The first-order chi connectivity index (χ1) is 10.4. The molecule has 0 aromatic carbocycles. The summed E-state index contributed by atoms with van der Waals surface area (Å²) in [5.41, 5.74) is 1.90. The summed E-state index contributed by atoms with van der Waals surface area (Å²) in [6.45, 7) is 4.51. The van der Waals surface area contributed by atoms with E-state index in [2.05, 4.69) is 20.7 Å². The molecule has 8 nitrogen and oxygen atoms in total. The Morgan fingerprint density at radius 1 is 1.45 bits per heavy atom. The topological polar surface area (TPSA) is 99.7 Å². The molecule has 0 saturated carbocycles. The van der Waals surface area contributed by atoms with Crippen molar-refractivity contribution in [2.75, 3.05) is 13.6 Å². The first-order valence-corrected chi connectivity index (χ1v) is 7.24. The molecule has 0 spiro atoms. The molecule has 0 fully saturated rings. The second kappa shape index (κ2) is 5.11. The first-order valence-electron chi connectivity index (χ1n) is 7.24. The third-order valence-corrected chi connectivity index (χ3v) is 4.11. The highest BCUT2D eigenvalue weighted by Gasteiger charge is 2.44. The van der Waals surface area contributed by atoms with Crippen LogP contribution in [-0.4, -0.2) is 51.8 Å². The summed E-state index contributed by atoms with van der Waals surface area (Å²) in [6.07, 6.45) is 1.13. The Hall–Kier alpha value is -2.38. The molecule has 2 aliphatic heterocycles. The fraction of sp³-hybridized carbons (Fsp3) is 0.571. The molecule has 2 amide bonds. The number of nitrogens with zero attached hydrogens (tertiary/aromatic N) is 3. The molecule has 0 saturated heterocycles. The minimum Gasteiger partial charge on any atom is -0.379 e. The van der Waals surface area contributed by atoms with Gasteiger partial charge in [0, 0.05) is 44.2 Å². The smallest absolute Gasteiger partial charge is 0.271 e. The highest BCUT2D eigenvalue weighted by Crippen LogP contribution is 2.29. The lowest BCUT2D eigenvalue weighted by molar-refractivity contribution is -0.154. The van der Waals surface area contributed by atoms with Gasteiger partial charge in [0.15, 0.2) is 5.69 Å². The van der Waals surface area contributed by atoms with Crippen molar-refractivity contribution in [1.29, 1.82) is 0 Å². The molecule has 8 heteroatoms. The van der Waals surface area contributed by atoms with E-state index in [1.54, 1.807) is 18.9 Å². The maximum absolute atomic E-state index is 12.7. The minimum absolute atomic E-state index is 0.109. The van der Waals surface area contributed by atoms with Crippen LogP contribution in [0.2, 0.25) is 0 Å². The predicted molar refractivity (Wildman–Crippen MR) is 78.3 cm³/mol. The van der Waals surface area contributed by atoms with Gasteiger partial charge in [-0.1, -0.05) is 5.16 Å². The maximum atomic E-state index is 12.7. The van der Waals surface area contributed by atoms with Crippen molar-refractivity contribution < 1.29 is 14.4 Å². The molecule has 3 heterocycles. The average molecular weight is 305 g/mol. The fourth-order valence-electron chi connectivity index (χ4n) is 2.96. The van der Waals surface area contributed by atoms with E-state index < -0.39 is 5.60 Å². The summed E-state index contributed by atoms with van der Waals surface area (Å²) >= 11 is 0. The van der Waals surface area contributed by atoms with Crippen molar-refractivity contribution in [3.8, 4) is 0 Å². The lowest BCUT2D eigenvalue weighted by Crippen LogP contribution is -2.49. The highest BCUT2D eigenvalue weighted by atomic mass is 16.7. The summed E-state index contributed by atoms with van der Waals surface area (Å²) in [5.74, 6) is -0.364. The van der Waals surface area contributed by atoms with Crippen molar-refractivity contribution in [2.24, 2.45) is 5.16 Å². The molecule has 1 unspecified atom stereocenters. The van der Waals surface area contributed by atoms with E-state index in [0.717, 1.165) is 17.0 Å². The number of nitrogens with one attached hydrogen (secondary N) is 2. The standard InChI is InChI=1S/C14H19N5O3/c1-8-6-14(2,22-18-8)13(21)19-5-4-10-9(7-19)11(17-16-10)12(20)15-3/h4-7H2,1-3H3,(H,15,20)(H,16,17). The third kappa shape index (κ3) is 2.24. The van der Waals surface area contributed by atoms with Crippen molar-refractivity contribution in [3.05, 3.63) is 17.0 Å². The molecule has 0 radical (unpaired) electrons. The normalized spacial score (nSPS) is 23.6. The second-order valence-electron chi connectivity index (χ2n) is 5.91. The Labute approximate surface area is 127 Å². The van der Waals surface area contributed by atoms with Gasteiger partial charge < -0.3 is 15.1 Å². The number of hydrogen-bond acceptors (Lipinski definition) is 5. The van der Waals surface area contributed by atoms with Gasteiger partial charge in [-0.05, 0) is 13.8 Å². The Morgan fingerprint density at radius 2 is 2.23 bits per heavy atom. The van der Waals surface area contributed by atoms with Crippen molar-refractivity contribution in [1.82, 2.24) is 20.4 Å². The van der Waals surface area contributed by atoms with Crippen LogP contribution in [0.15, 0.2) is 5.16 Å². The number of oxime groups is 1. The molecule has 3 rings (SSSR count). The van der Waals surface area contributed by atoms with Gasteiger partial charge in [-0.3, -0.25) is 14.7 Å². The van der Waals surface area contributed by atoms with Gasteiger partial charge in [-0.25, -0.2) is 0 Å². The zero-order valence-electron chi connectivity index (χ0n) is 12.9. The Bertz CT molecular complexity index is 665. The number of carbonyl (C=O) groups is 2. The van der Waals surface area contributed by atoms with Gasteiger partial charge in [0.2, 0.25) is 5.60 Å². The Balaban J connectivity index is 1.81. The Morgan fingerprint density at radius 3 is 2.86 bits per heavy atom. The molecule has 1 aromatic heterocycles. The molecular weight excluding hydrogens is 286 g/mol. The first kappa shape index (κ1) is 14.6. The van der Waals surface area contributed by atoms with Crippen LogP contribution >= 0.6 is 0 Å². The van der Waals surface area contributed by atoms with E-state index in [-0.39, 0.29) is 11.8 Å². The van der Waals surface area contributed by atoms with Crippen molar-refractivity contribution in [3.63, 3.8) is 0 Å². The molecular formula is C14H19N5O3. The summed E-state index contributed by atoms with van der Waals surface area (Å²) < 4.78 is 0. The number of aromatic nitrogens is 2. The summed E-state index contributed by atoms with van der Waals surface area (Å²) in [6, 6.07) is 0. The van der Waals surface area contributed by atoms with Gasteiger partial charge in [0.1, 0.15) is 0 Å². The second-order valence-corrected chi connectivity index (χ2v) is 5.91. The average Bonchev–Trinajstić information content (AvgIpc) is 3.09. The zero-order chi connectivity index (χ0) is 15.9. The van der Waals surface area contributed by atoms with E-state index in [9.17, 15) is 9.59 Å². The van der Waals surface area contributed by atoms with Crippen LogP contribution in [-0.2, 0) is 22.6 Å². The largest absolute Gasteiger partial charge is 0.379 e. The minimum atomic E-state index is -0.946. The number of rotatable bonds is 2. The zero-order valence-corrected chi connectivity index (χ0v) is 12.9. The van der Waals surface area contributed by atoms with Gasteiger partial charge in [-0.2, -0.15) is 5.10 Å². The molecule has 0 aliphatic carbocycles. The van der Waals surface area contributed by atoms with Gasteiger partial charge in [0.25, 0.3) is 11.8 Å². The van der Waals surface area contributed by atoms with Gasteiger partial charge in [0.05, 0.1) is 5.71 Å². The number of amides is 2. The lowest BCUT2D eigenvalue weighted by atomic mass is 9.96. The number of aromatic amines is 1. The van der Waals surface area contributed by atoms with Crippen LogP contribution < -0.4 is 5.32 Å². The van der Waals surface area contributed by atoms with Crippen LogP contribution in [0.1, 0.15) is 42.0 Å². The van der Waals surface area contributed by atoms with Crippen molar-refractivity contribution in [2.45, 2.75) is 38.8 Å². The SMILES string of the molecule is CNC(=O)c1n[nH]c2c1CN(C(=O)C1(C)CC(C)=NO1)CC2. The van der Waals surface area contributed by atoms with E-state index in [4.69, 9.17) is 4.84 Å². The van der Waals surface area contributed by atoms with Gasteiger partial charge in [-0.15, -0.1) is 0 Å². The molecule has 2 aliphatic rings. The highest BCUT2D eigenvalue weighted by molar-refractivity contribution is 5.96. The van der Waals surface area contributed by atoms with E-state index >= 15 is 0 Å². The lowest BCUT2D eigenvalue weighted by Gasteiger charge is -2.32. The monoisotopic (exact) mass is 305 g/mol. The Kier molecular flexibility index (Phi) is 3.38. The van der Waals surface area contributed by atoms with Gasteiger partial charge >= 0.3 is 0 Å². The fourth-order valence-corrected chi connectivity index (χ4v) is 2.96. The van der Waals surface area contributed by atoms with E-state index in [1.165, 1.54) is 0 Å². The molecule has 1 atom stereocenters. The summed E-state index contributed by atoms with van der Waals surface area (Å²) in [5, 5.41) is 13.4. The van der Waals surface area contributed by atoms with E-state index in [0.29, 0.717) is 31.6 Å². The van der Waals surface area contributed by atoms with Crippen LogP contribution in [0.3, 0.4) is 0 Å². The summed E-state index contributed by atoms with van der Waals surface area (Å²) in [4.78, 5) is 31.6. The molecule has 1 aromatic rings. The van der Waals surface area contributed by atoms with Crippen LogP contribution in [0.4, 0.5) is 0 Å².